The zero-order valence-electron chi connectivity index (χ0n) is 7.85. The van der Waals surface area contributed by atoms with Crippen molar-refractivity contribution in [2.75, 3.05) is 0 Å². The van der Waals surface area contributed by atoms with Crippen LogP contribution in [0.1, 0.15) is 57.2 Å². The van der Waals surface area contributed by atoms with Crippen LogP contribution in [0.4, 0.5) is 0 Å². The molecule has 99 valence electrons. The first-order chi connectivity index (χ1) is 6.52. The molecule has 0 amide bonds. The van der Waals surface area contributed by atoms with Crippen LogP contribution in [0.2, 0.25) is 0 Å². The summed E-state index contributed by atoms with van der Waals surface area (Å²) < 4.78 is 4.91. The second-order valence-corrected chi connectivity index (χ2v) is 2.39. The van der Waals surface area contributed by atoms with E-state index < -0.39 is 0 Å². The molecular formula is C11H22BO5. The third-order valence-electron chi connectivity index (χ3n) is 1.30. The highest BCUT2D eigenvalue weighted by atomic mass is 16.4. The van der Waals surface area contributed by atoms with E-state index in [0.29, 0.717) is 0 Å². The lowest BCUT2D eigenvalue weighted by molar-refractivity contribution is 0.0964. The molecule has 0 atom stereocenters. The predicted molar refractivity (Wildman–Crippen MR) is 69.1 cm³/mol. The summed E-state index contributed by atoms with van der Waals surface area (Å²) in [6.07, 6.45) is 0. The number of carbonyl (C=O) groups excluding carboxylic acids is 2. The van der Waals surface area contributed by atoms with Gasteiger partial charge in [0.15, 0.2) is 23.1 Å². The minimum absolute atomic E-state index is 0. The van der Waals surface area contributed by atoms with Crippen molar-refractivity contribution in [3.8, 4) is 0 Å². The van der Waals surface area contributed by atoms with Crippen LogP contribution in [0.15, 0.2) is 16.5 Å². The van der Waals surface area contributed by atoms with E-state index in [0.717, 1.165) is 0 Å². The molecule has 6 heteroatoms. The van der Waals surface area contributed by atoms with Crippen molar-refractivity contribution in [1.82, 2.24) is 0 Å². The van der Waals surface area contributed by atoms with E-state index in [9.17, 15) is 9.59 Å². The first kappa shape index (κ1) is 24.7. The largest absolute Gasteiger partial charge is 0.482 e. The van der Waals surface area contributed by atoms with E-state index in [1.165, 1.54) is 26.0 Å². The highest BCUT2D eigenvalue weighted by Gasteiger charge is 2.08. The van der Waals surface area contributed by atoms with Gasteiger partial charge in [0.1, 0.15) is 0 Å². The van der Waals surface area contributed by atoms with E-state index in [1.54, 1.807) is 0 Å². The average molecular weight is 245 g/mol. The highest BCUT2D eigenvalue weighted by Crippen LogP contribution is 2.08. The number of hydrogen-bond donors (Lipinski definition) is 2. The zero-order chi connectivity index (χ0) is 11.1. The van der Waals surface area contributed by atoms with Gasteiger partial charge in [-0.25, -0.2) is 0 Å². The summed E-state index contributed by atoms with van der Waals surface area (Å²) in [5.74, 6) is 0.125. The van der Waals surface area contributed by atoms with E-state index in [4.69, 9.17) is 14.5 Å². The third-order valence-corrected chi connectivity index (χ3v) is 1.30. The molecule has 5 nitrogen and oxygen atoms in total. The Bertz CT molecular complexity index is 291. The molecule has 0 aromatic carbocycles. The molecule has 1 radical (unpaired) electrons. The quantitative estimate of drug-likeness (QED) is 0.615. The molecule has 17 heavy (non-hydrogen) atoms. The Morgan fingerprint density at radius 2 is 1.24 bits per heavy atom. The monoisotopic (exact) mass is 245 g/mol. The molecule has 0 saturated heterocycles. The number of rotatable bonds is 2. The fourth-order valence-electron chi connectivity index (χ4n) is 0.716. The van der Waals surface area contributed by atoms with Crippen LogP contribution in [0.25, 0.3) is 0 Å². The fraction of sp³-hybridized carbons (Fsp3) is 0.455. The minimum Gasteiger partial charge on any atom is -0.450 e. The fourth-order valence-corrected chi connectivity index (χ4v) is 0.716. The van der Waals surface area contributed by atoms with Crippen molar-refractivity contribution in [2.45, 2.75) is 36.1 Å². The minimum atomic E-state index is -0.169. The molecule has 1 rings (SSSR count). The van der Waals surface area contributed by atoms with Crippen molar-refractivity contribution >= 4 is 19.3 Å². The Kier molecular flexibility index (Phi) is 18.4. The Hall–Kier alpha value is -1.40. The maximum Gasteiger partial charge on any atom is 0.482 e. The van der Waals surface area contributed by atoms with Crippen LogP contribution in [0.3, 0.4) is 0 Å². The molecule has 0 aliphatic carbocycles. The lowest BCUT2D eigenvalue weighted by Gasteiger charge is -1.86. The summed E-state index contributed by atoms with van der Waals surface area (Å²) >= 11 is 0. The van der Waals surface area contributed by atoms with Crippen LogP contribution >= 0.6 is 0 Å². The van der Waals surface area contributed by atoms with Gasteiger partial charge in [0.25, 0.3) is 0 Å². The standard InChI is InChI=1S/C8H8O3.3CH4.BH2O2/c1-5(9)7-3-4-8(11-7)6(2)10;;;;2-1-3/h3-4H,1-2H3;3*1H4;2-3H. The second-order valence-electron chi connectivity index (χ2n) is 2.39. The van der Waals surface area contributed by atoms with Gasteiger partial charge in [0.2, 0.25) is 0 Å². The number of furan rings is 1. The van der Waals surface area contributed by atoms with E-state index in [2.05, 4.69) is 0 Å². The molecule has 0 saturated carbocycles. The molecule has 0 fully saturated rings. The molecule has 0 unspecified atom stereocenters. The van der Waals surface area contributed by atoms with Gasteiger partial charge < -0.3 is 14.5 Å². The zero-order valence-corrected chi connectivity index (χ0v) is 7.85. The van der Waals surface area contributed by atoms with Gasteiger partial charge in [0, 0.05) is 13.8 Å². The molecule has 0 bridgehead atoms. The number of hydrogen-bond acceptors (Lipinski definition) is 5. The predicted octanol–water partition coefficient (Wildman–Crippen LogP) is 2.10. The maximum atomic E-state index is 10.7. The Labute approximate surface area is 104 Å². The second kappa shape index (κ2) is 12.7. The molecular weight excluding hydrogens is 223 g/mol. The van der Waals surface area contributed by atoms with Crippen molar-refractivity contribution < 1.29 is 24.1 Å². The Morgan fingerprint density at radius 1 is 1.00 bits per heavy atom. The van der Waals surface area contributed by atoms with Crippen molar-refractivity contribution in [2.24, 2.45) is 0 Å². The Morgan fingerprint density at radius 3 is 1.35 bits per heavy atom. The van der Waals surface area contributed by atoms with E-state index in [-0.39, 0.29) is 53.1 Å². The van der Waals surface area contributed by atoms with Gasteiger partial charge in [-0.05, 0) is 12.1 Å². The van der Waals surface area contributed by atoms with Crippen molar-refractivity contribution in [3.63, 3.8) is 0 Å². The lowest BCUT2D eigenvalue weighted by atomic mass is 10.3. The molecule has 1 heterocycles. The molecule has 1 aromatic rings. The summed E-state index contributed by atoms with van der Waals surface area (Å²) in [5, 5.41) is 14.0. The SMILES string of the molecule is C.C.C.CC(=O)c1ccc(C(C)=O)o1.O[B]O. The molecule has 0 aliphatic heterocycles. The van der Waals surface area contributed by atoms with Crippen molar-refractivity contribution in [3.05, 3.63) is 23.7 Å². The third kappa shape index (κ3) is 9.53. The first-order valence-corrected chi connectivity index (χ1v) is 3.74. The average Bonchev–Trinajstić information content (AvgIpc) is 2.53. The van der Waals surface area contributed by atoms with E-state index >= 15 is 0 Å². The molecule has 1 aromatic heterocycles. The summed E-state index contributed by atoms with van der Waals surface area (Å²) in [5.41, 5.74) is 0. The van der Waals surface area contributed by atoms with Gasteiger partial charge in [-0.15, -0.1) is 0 Å². The Balaban J connectivity index is -0.000000128. The molecule has 2 N–H and O–H groups in total. The number of carbonyl (C=O) groups is 2. The number of ketones is 2. The van der Waals surface area contributed by atoms with Crippen LogP contribution in [0.5, 0.6) is 0 Å². The van der Waals surface area contributed by atoms with Gasteiger partial charge in [-0.2, -0.15) is 0 Å². The van der Waals surface area contributed by atoms with Gasteiger partial charge in [0.05, 0.1) is 0 Å². The van der Waals surface area contributed by atoms with E-state index in [1.807, 2.05) is 0 Å². The van der Waals surface area contributed by atoms with Gasteiger partial charge in [-0.1, -0.05) is 22.3 Å². The first-order valence-electron chi connectivity index (χ1n) is 3.74. The lowest BCUT2D eigenvalue weighted by Crippen LogP contribution is -1.89. The summed E-state index contributed by atoms with van der Waals surface area (Å²) in [4.78, 5) is 21.4. The van der Waals surface area contributed by atoms with Crippen LogP contribution < -0.4 is 0 Å². The summed E-state index contributed by atoms with van der Waals surface area (Å²) in [6.45, 7) is 2.78. The highest BCUT2D eigenvalue weighted by molar-refractivity contribution is 6.13. The van der Waals surface area contributed by atoms with Gasteiger partial charge in [-0.3, -0.25) is 9.59 Å². The molecule has 0 spiro atoms. The van der Waals surface area contributed by atoms with Gasteiger partial charge >= 0.3 is 7.69 Å². The summed E-state index contributed by atoms with van der Waals surface area (Å²) in [7, 11) is 0. The smallest absolute Gasteiger partial charge is 0.450 e. The normalized spacial score (nSPS) is 7.06. The number of Topliss-reactive ketones (excluding diaryl/α,β-unsaturated/α-hetero) is 2. The van der Waals surface area contributed by atoms with Crippen LogP contribution in [-0.4, -0.2) is 29.3 Å². The van der Waals surface area contributed by atoms with Crippen LogP contribution in [-0.2, 0) is 0 Å². The maximum absolute atomic E-state index is 10.7. The van der Waals surface area contributed by atoms with Crippen LogP contribution in [0, 0.1) is 0 Å². The topological polar surface area (TPSA) is 87.7 Å². The summed E-state index contributed by atoms with van der Waals surface area (Å²) in [6, 6.07) is 3.00. The van der Waals surface area contributed by atoms with Crippen molar-refractivity contribution in [1.29, 1.82) is 0 Å². The molecule has 0 aliphatic rings.